The van der Waals surface area contributed by atoms with Crippen molar-refractivity contribution in [1.29, 1.82) is 0 Å². The van der Waals surface area contributed by atoms with Gasteiger partial charge in [0.25, 0.3) is 0 Å². The molecule has 0 radical (unpaired) electrons. The Morgan fingerprint density at radius 2 is 2.05 bits per heavy atom. The minimum Gasteiger partial charge on any atom is -0.493 e. The number of ether oxygens (including phenoxy) is 2. The quantitative estimate of drug-likeness (QED) is 0.642. The summed E-state index contributed by atoms with van der Waals surface area (Å²) in [5.74, 6) is -0.333. The third-order valence-electron chi connectivity index (χ3n) is 2.33. The van der Waals surface area contributed by atoms with E-state index in [1.54, 1.807) is 0 Å². The number of hydrogen-bond donors (Lipinski definition) is 3. The smallest absolute Gasteiger partial charge is 0.335 e. The Morgan fingerprint density at radius 3 is 2.58 bits per heavy atom. The highest BCUT2D eigenvalue weighted by atomic mass is 16.5. The lowest BCUT2D eigenvalue weighted by Crippen LogP contribution is -2.38. The van der Waals surface area contributed by atoms with Gasteiger partial charge in [-0.25, -0.2) is 4.79 Å². The first-order chi connectivity index (χ1) is 8.93. The highest BCUT2D eigenvalue weighted by molar-refractivity contribution is 5.88. The van der Waals surface area contributed by atoms with Crippen molar-refractivity contribution in [2.75, 3.05) is 13.7 Å². The zero-order valence-electron chi connectivity index (χ0n) is 11.2. The zero-order chi connectivity index (χ0) is 14.4. The van der Waals surface area contributed by atoms with Crippen LogP contribution in [0.2, 0.25) is 0 Å². The van der Waals surface area contributed by atoms with Crippen LogP contribution in [0.4, 0.5) is 0 Å². The molecule has 0 aliphatic heterocycles. The molecule has 1 atom stereocenters. The van der Waals surface area contributed by atoms with Gasteiger partial charge in [-0.1, -0.05) is 0 Å². The van der Waals surface area contributed by atoms with Gasteiger partial charge in [-0.3, -0.25) is 5.32 Å². The van der Waals surface area contributed by atoms with Gasteiger partial charge < -0.3 is 19.7 Å². The Morgan fingerprint density at radius 1 is 1.37 bits per heavy atom. The third-order valence-corrected chi connectivity index (χ3v) is 2.33. The predicted octanol–water partition coefficient (Wildman–Crippen LogP) is 1.09. The van der Waals surface area contributed by atoms with Crippen molar-refractivity contribution in [2.45, 2.75) is 26.1 Å². The molecule has 0 saturated heterocycles. The molecule has 1 aromatic rings. The number of carbonyl (C=O) groups is 1. The highest BCUT2D eigenvalue weighted by Crippen LogP contribution is 2.28. The molecule has 6 nitrogen and oxygen atoms in total. The summed E-state index contributed by atoms with van der Waals surface area (Å²) in [5.41, 5.74) is 0.116. The predicted molar refractivity (Wildman–Crippen MR) is 69.7 cm³/mol. The van der Waals surface area contributed by atoms with Crippen molar-refractivity contribution in [2.24, 2.45) is 0 Å². The molecule has 0 aliphatic carbocycles. The number of aliphatic hydroxyl groups excluding tert-OH is 1. The largest absolute Gasteiger partial charge is 0.493 e. The van der Waals surface area contributed by atoms with E-state index in [0.717, 1.165) is 0 Å². The van der Waals surface area contributed by atoms with Crippen molar-refractivity contribution < 1.29 is 24.5 Å². The number of methoxy groups -OCH3 is 1. The van der Waals surface area contributed by atoms with Crippen LogP contribution < -0.4 is 14.8 Å². The lowest BCUT2D eigenvalue weighted by atomic mass is 10.2. The summed E-state index contributed by atoms with van der Waals surface area (Å²) in [4.78, 5) is 10.8. The number of rotatable bonds is 7. The molecule has 19 heavy (non-hydrogen) atoms. The first-order valence-corrected chi connectivity index (χ1v) is 5.92. The van der Waals surface area contributed by atoms with Gasteiger partial charge in [0.2, 0.25) is 0 Å². The highest BCUT2D eigenvalue weighted by Gasteiger charge is 2.12. The van der Waals surface area contributed by atoms with Crippen LogP contribution in [0.5, 0.6) is 11.5 Å². The summed E-state index contributed by atoms with van der Waals surface area (Å²) in [5, 5.41) is 21.4. The molecular weight excluding hydrogens is 250 g/mol. The van der Waals surface area contributed by atoms with Gasteiger partial charge in [0.15, 0.2) is 11.5 Å². The van der Waals surface area contributed by atoms with Crippen molar-refractivity contribution >= 4 is 5.97 Å². The van der Waals surface area contributed by atoms with E-state index in [9.17, 15) is 9.90 Å². The van der Waals surface area contributed by atoms with Crippen molar-refractivity contribution in [3.05, 3.63) is 23.8 Å². The molecule has 0 saturated carbocycles. The minimum atomic E-state index is -1.04. The molecule has 6 heteroatoms. The molecule has 1 rings (SSSR count). The average Bonchev–Trinajstić information content (AvgIpc) is 2.35. The van der Waals surface area contributed by atoms with Crippen LogP contribution in [0.25, 0.3) is 0 Å². The molecule has 1 unspecified atom stereocenters. The normalized spacial score (nSPS) is 12.3. The first kappa shape index (κ1) is 15.3. The number of carboxylic acid groups (broad SMARTS) is 1. The Labute approximate surface area is 112 Å². The summed E-state index contributed by atoms with van der Waals surface area (Å²) in [6.07, 6.45) is -0.802. The molecule has 3 N–H and O–H groups in total. The molecule has 0 spiro atoms. The number of aromatic carboxylic acids is 1. The SMILES string of the molecule is COc1cc(C(=O)O)ccc1OCC(O)NC(C)C. The Balaban J connectivity index is 2.70. The maximum absolute atomic E-state index is 10.8. The van der Waals surface area contributed by atoms with E-state index in [0.29, 0.717) is 11.5 Å². The molecule has 0 aliphatic rings. The molecule has 0 fully saturated rings. The van der Waals surface area contributed by atoms with Crippen LogP contribution in [-0.2, 0) is 0 Å². The minimum absolute atomic E-state index is 0.0426. The molecule has 0 bridgehead atoms. The standard InChI is InChI=1S/C13H19NO5/c1-8(2)14-12(15)7-19-10-5-4-9(13(16)17)6-11(10)18-3/h4-6,8,12,14-15H,7H2,1-3H3,(H,16,17). The summed E-state index contributed by atoms with van der Waals surface area (Å²) >= 11 is 0. The number of carboxylic acids is 1. The molecule has 0 amide bonds. The zero-order valence-corrected chi connectivity index (χ0v) is 11.2. The summed E-state index contributed by atoms with van der Waals surface area (Å²) < 4.78 is 10.5. The van der Waals surface area contributed by atoms with Crippen LogP contribution in [0.3, 0.4) is 0 Å². The number of aliphatic hydroxyl groups is 1. The van der Waals surface area contributed by atoms with Crippen LogP contribution in [0, 0.1) is 0 Å². The van der Waals surface area contributed by atoms with Gasteiger partial charge in [-0.2, -0.15) is 0 Å². The van der Waals surface area contributed by atoms with E-state index in [-0.39, 0.29) is 18.2 Å². The van der Waals surface area contributed by atoms with Crippen LogP contribution in [-0.4, -0.2) is 42.2 Å². The Hall–Kier alpha value is -1.79. The lowest BCUT2D eigenvalue weighted by molar-refractivity contribution is 0.0686. The van der Waals surface area contributed by atoms with E-state index in [4.69, 9.17) is 14.6 Å². The maximum Gasteiger partial charge on any atom is 0.335 e. The topological polar surface area (TPSA) is 88.0 Å². The van der Waals surface area contributed by atoms with Gasteiger partial charge >= 0.3 is 5.97 Å². The van der Waals surface area contributed by atoms with Crippen LogP contribution in [0.1, 0.15) is 24.2 Å². The van der Waals surface area contributed by atoms with Crippen LogP contribution in [0.15, 0.2) is 18.2 Å². The van der Waals surface area contributed by atoms with Crippen LogP contribution >= 0.6 is 0 Å². The lowest BCUT2D eigenvalue weighted by Gasteiger charge is -2.17. The summed E-state index contributed by atoms with van der Waals surface area (Å²) in [6.45, 7) is 3.86. The van der Waals surface area contributed by atoms with Gasteiger partial charge in [0.05, 0.1) is 12.7 Å². The second-order valence-corrected chi connectivity index (χ2v) is 4.32. The molecule has 0 aromatic heterocycles. The number of benzene rings is 1. The van der Waals surface area contributed by atoms with Gasteiger partial charge in [0, 0.05) is 6.04 Å². The van der Waals surface area contributed by atoms with E-state index in [1.165, 1.54) is 25.3 Å². The third kappa shape index (κ3) is 4.76. The molecule has 0 heterocycles. The molecule has 106 valence electrons. The molecular formula is C13H19NO5. The Bertz CT molecular complexity index is 433. The van der Waals surface area contributed by atoms with Gasteiger partial charge in [0.1, 0.15) is 12.8 Å². The van der Waals surface area contributed by atoms with E-state index in [1.807, 2.05) is 13.8 Å². The Kier molecular flexibility index (Phi) is 5.59. The number of nitrogens with one attached hydrogen (secondary N) is 1. The fourth-order valence-corrected chi connectivity index (χ4v) is 1.52. The van der Waals surface area contributed by atoms with Crippen molar-refractivity contribution in [3.63, 3.8) is 0 Å². The first-order valence-electron chi connectivity index (χ1n) is 5.92. The number of hydrogen-bond acceptors (Lipinski definition) is 5. The summed E-state index contributed by atoms with van der Waals surface area (Å²) in [6, 6.07) is 4.43. The van der Waals surface area contributed by atoms with E-state index >= 15 is 0 Å². The van der Waals surface area contributed by atoms with E-state index < -0.39 is 12.2 Å². The van der Waals surface area contributed by atoms with Crippen molar-refractivity contribution in [3.8, 4) is 11.5 Å². The average molecular weight is 269 g/mol. The second-order valence-electron chi connectivity index (χ2n) is 4.32. The second kappa shape index (κ2) is 6.96. The van der Waals surface area contributed by atoms with E-state index in [2.05, 4.69) is 5.32 Å². The maximum atomic E-state index is 10.8. The fourth-order valence-electron chi connectivity index (χ4n) is 1.52. The van der Waals surface area contributed by atoms with Gasteiger partial charge in [-0.05, 0) is 32.0 Å². The van der Waals surface area contributed by atoms with Crippen molar-refractivity contribution in [1.82, 2.24) is 5.32 Å². The fraction of sp³-hybridized carbons (Fsp3) is 0.462. The monoisotopic (exact) mass is 269 g/mol. The summed E-state index contributed by atoms with van der Waals surface area (Å²) in [7, 11) is 1.43. The molecule has 1 aromatic carbocycles. The van der Waals surface area contributed by atoms with Gasteiger partial charge in [-0.15, -0.1) is 0 Å².